The number of alkyl halides is 1. The van der Waals surface area contributed by atoms with Crippen LogP contribution in [0.3, 0.4) is 0 Å². The van der Waals surface area contributed by atoms with E-state index in [1.807, 2.05) is 23.1 Å². The van der Waals surface area contributed by atoms with Gasteiger partial charge in [0.1, 0.15) is 0 Å². The first-order valence-corrected chi connectivity index (χ1v) is 9.24. The van der Waals surface area contributed by atoms with Crippen LogP contribution in [0.15, 0.2) is 27.1 Å². The van der Waals surface area contributed by atoms with E-state index in [2.05, 4.69) is 47.8 Å². The van der Waals surface area contributed by atoms with Gasteiger partial charge in [-0.05, 0) is 47.0 Å². The SMILES string of the molecule is O=C(c1cc(Br)ccc1Br)N1CCC(OCCBr)CC1. The van der Waals surface area contributed by atoms with Gasteiger partial charge in [0.2, 0.25) is 0 Å². The summed E-state index contributed by atoms with van der Waals surface area (Å²) in [6, 6.07) is 5.67. The Balaban J connectivity index is 1.96. The van der Waals surface area contributed by atoms with Gasteiger partial charge in [-0.2, -0.15) is 0 Å². The van der Waals surface area contributed by atoms with Crippen molar-refractivity contribution in [1.29, 1.82) is 0 Å². The summed E-state index contributed by atoms with van der Waals surface area (Å²) in [6.07, 6.45) is 2.09. The van der Waals surface area contributed by atoms with Gasteiger partial charge in [0, 0.05) is 27.4 Å². The molecule has 6 heteroatoms. The lowest BCUT2D eigenvalue weighted by Gasteiger charge is -2.32. The third-order valence-corrected chi connectivity index (χ3v) is 4.83. The molecule has 1 aliphatic rings. The number of benzene rings is 1. The van der Waals surface area contributed by atoms with Crippen molar-refractivity contribution >= 4 is 53.7 Å². The van der Waals surface area contributed by atoms with Crippen LogP contribution < -0.4 is 0 Å². The Hall–Kier alpha value is 0.0900. The molecule has 2 rings (SSSR count). The van der Waals surface area contributed by atoms with Crippen molar-refractivity contribution in [3.63, 3.8) is 0 Å². The minimum atomic E-state index is 0.0807. The van der Waals surface area contributed by atoms with Crippen molar-refractivity contribution in [3.05, 3.63) is 32.7 Å². The fourth-order valence-corrected chi connectivity index (χ4v) is 3.23. The minimum Gasteiger partial charge on any atom is -0.377 e. The second-order valence-corrected chi connectivity index (χ2v) is 7.24. The number of hydrogen-bond donors (Lipinski definition) is 0. The molecule has 0 unspecified atom stereocenters. The fourth-order valence-electron chi connectivity index (χ4n) is 2.27. The van der Waals surface area contributed by atoms with Crippen molar-refractivity contribution in [3.8, 4) is 0 Å². The van der Waals surface area contributed by atoms with E-state index < -0.39 is 0 Å². The normalized spacial score (nSPS) is 16.4. The topological polar surface area (TPSA) is 29.5 Å². The summed E-state index contributed by atoms with van der Waals surface area (Å²) < 4.78 is 7.46. The largest absolute Gasteiger partial charge is 0.377 e. The van der Waals surface area contributed by atoms with E-state index in [1.165, 1.54) is 0 Å². The lowest BCUT2D eigenvalue weighted by atomic mass is 10.1. The van der Waals surface area contributed by atoms with Crippen LogP contribution in [0.4, 0.5) is 0 Å². The quantitative estimate of drug-likeness (QED) is 0.618. The molecule has 1 aromatic rings. The van der Waals surface area contributed by atoms with Gasteiger partial charge in [0.05, 0.1) is 18.3 Å². The summed E-state index contributed by atoms with van der Waals surface area (Å²) in [5.41, 5.74) is 0.708. The zero-order valence-corrected chi connectivity index (χ0v) is 15.7. The second kappa shape index (κ2) is 7.92. The zero-order chi connectivity index (χ0) is 14.5. The van der Waals surface area contributed by atoms with Crippen LogP contribution in [0.1, 0.15) is 23.2 Å². The molecule has 0 aliphatic carbocycles. The number of carbonyl (C=O) groups is 1. The van der Waals surface area contributed by atoms with E-state index in [4.69, 9.17) is 4.74 Å². The number of ether oxygens (including phenoxy) is 1. The highest BCUT2D eigenvalue weighted by molar-refractivity contribution is 9.11. The van der Waals surface area contributed by atoms with Crippen molar-refractivity contribution < 1.29 is 9.53 Å². The lowest BCUT2D eigenvalue weighted by molar-refractivity contribution is 0.0159. The number of halogens is 3. The van der Waals surface area contributed by atoms with Gasteiger partial charge in [-0.15, -0.1) is 0 Å². The summed E-state index contributed by atoms with van der Waals surface area (Å²) in [6.45, 7) is 2.24. The summed E-state index contributed by atoms with van der Waals surface area (Å²) in [5, 5.41) is 0.858. The summed E-state index contributed by atoms with van der Waals surface area (Å²) in [4.78, 5) is 14.4. The Kier molecular flexibility index (Phi) is 6.52. The standard InChI is InChI=1S/C14H16Br3NO2/c15-5-8-20-11-3-6-18(7-4-11)14(19)12-9-10(16)1-2-13(12)17/h1-2,9,11H,3-8H2. The number of nitrogens with zero attached hydrogens (tertiary/aromatic N) is 1. The molecule has 1 saturated heterocycles. The molecule has 0 aromatic heterocycles. The van der Waals surface area contributed by atoms with Crippen molar-refractivity contribution in [2.45, 2.75) is 18.9 Å². The van der Waals surface area contributed by atoms with Gasteiger partial charge in [-0.25, -0.2) is 0 Å². The first-order valence-electron chi connectivity index (χ1n) is 6.53. The van der Waals surface area contributed by atoms with E-state index in [9.17, 15) is 4.79 Å². The highest BCUT2D eigenvalue weighted by atomic mass is 79.9. The van der Waals surface area contributed by atoms with Gasteiger partial charge in [-0.1, -0.05) is 31.9 Å². The summed E-state index contributed by atoms with van der Waals surface area (Å²) >= 11 is 10.2. The molecular weight excluding hydrogens is 454 g/mol. The van der Waals surface area contributed by atoms with Crippen LogP contribution in [0.25, 0.3) is 0 Å². The van der Waals surface area contributed by atoms with E-state index in [0.29, 0.717) is 5.56 Å². The Morgan fingerprint density at radius 1 is 1.30 bits per heavy atom. The van der Waals surface area contributed by atoms with Crippen molar-refractivity contribution in [2.24, 2.45) is 0 Å². The predicted molar refractivity (Wildman–Crippen MR) is 90.5 cm³/mol. The molecular formula is C14H16Br3NO2. The first kappa shape index (κ1) is 16.5. The average molecular weight is 470 g/mol. The maximum absolute atomic E-state index is 12.5. The maximum Gasteiger partial charge on any atom is 0.255 e. The summed E-state index contributed by atoms with van der Waals surface area (Å²) in [5.74, 6) is 0.0807. The number of amides is 1. The predicted octanol–water partition coefficient (Wildman–Crippen LogP) is 4.23. The van der Waals surface area contributed by atoms with E-state index in [-0.39, 0.29) is 12.0 Å². The molecule has 110 valence electrons. The van der Waals surface area contributed by atoms with Crippen LogP contribution in [0.5, 0.6) is 0 Å². The van der Waals surface area contributed by atoms with E-state index in [0.717, 1.165) is 46.8 Å². The Morgan fingerprint density at radius 3 is 2.65 bits per heavy atom. The number of piperidine rings is 1. The smallest absolute Gasteiger partial charge is 0.255 e. The van der Waals surface area contributed by atoms with Gasteiger partial charge in [-0.3, -0.25) is 4.79 Å². The molecule has 1 heterocycles. The zero-order valence-electron chi connectivity index (χ0n) is 10.9. The third-order valence-electron chi connectivity index (χ3n) is 3.32. The van der Waals surface area contributed by atoms with Crippen LogP contribution in [0, 0.1) is 0 Å². The minimum absolute atomic E-state index is 0.0807. The van der Waals surface area contributed by atoms with Crippen molar-refractivity contribution in [2.75, 3.05) is 25.0 Å². The Bertz CT molecular complexity index is 473. The van der Waals surface area contributed by atoms with Crippen LogP contribution in [0.2, 0.25) is 0 Å². The van der Waals surface area contributed by atoms with E-state index >= 15 is 0 Å². The molecule has 0 spiro atoms. The Morgan fingerprint density at radius 2 is 2.00 bits per heavy atom. The second-order valence-electron chi connectivity index (χ2n) is 4.68. The third kappa shape index (κ3) is 4.29. The number of carbonyl (C=O) groups excluding carboxylic acids is 1. The summed E-state index contributed by atoms with van der Waals surface area (Å²) in [7, 11) is 0. The van der Waals surface area contributed by atoms with Gasteiger partial charge in [0.15, 0.2) is 0 Å². The lowest BCUT2D eigenvalue weighted by Crippen LogP contribution is -2.41. The van der Waals surface area contributed by atoms with E-state index in [1.54, 1.807) is 0 Å². The first-order chi connectivity index (χ1) is 9.61. The molecule has 0 N–H and O–H groups in total. The van der Waals surface area contributed by atoms with Crippen LogP contribution >= 0.6 is 47.8 Å². The number of rotatable bonds is 4. The molecule has 1 fully saturated rings. The molecule has 1 aliphatic heterocycles. The van der Waals surface area contributed by atoms with Gasteiger partial charge in [0.25, 0.3) is 5.91 Å². The highest BCUT2D eigenvalue weighted by Gasteiger charge is 2.25. The molecule has 3 nitrogen and oxygen atoms in total. The Labute approximate surface area is 144 Å². The van der Waals surface area contributed by atoms with Gasteiger partial charge >= 0.3 is 0 Å². The van der Waals surface area contributed by atoms with Crippen LogP contribution in [-0.4, -0.2) is 41.9 Å². The number of likely N-dealkylation sites (tertiary alicyclic amines) is 1. The molecule has 0 radical (unpaired) electrons. The molecule has 1 amide bonds. The molecule has 0 saturated carbocycles. The molecule has 0 bridgehead atoms. The molecule has 20 heavy (non-hydrogen) atoms. The maximum atomic E-state index is 12.5. The van der Waals surface area contributed by atoms with Crippen molar-refractivity contribution in [1.82, 2.24) is 4.90 Å². The fraction of sp³-hybridized carbons (Fsp3) is 0.500. The molecule has 0 atom stereocenters. The monoisotopic (exact) mass is 467 g/mol. The number of hydrogen-bond acceptors (Lipinski definition) is 2. The average Bonchev–Trinajstić information content (AvgIpc) is 2.47. The molecule has 1 aromatic carbocycles. The van der Waals surface area contributed by atoms with Gasteiger partial charge < -0.3 is 9.64 Å². The van der Waals surface area contributed by atoms with Crippen LogP contribution in [-0.2, 0) is 4.74 Å². The highest BCUT2D eigenvalue weighted by Crippen LogP contribution is 2.24.